The van der Waals surface area contributed by atoms with E-state index in [-0.39, 0.29) is 5.91 Å². The second-order valence-electron chi connectivity index (χ2n) is 6.39. The monoisotopic (exact) mass is 351 g/mol. The molecule has 0 spiro atoms. The van der Waals surface area contributed by atoms with Gasteiger partial charge in [0.05, 0.1) is 30.8 Å². The molecular formula is C19H21N5O2. The summed E-state index contributed by atoms with van der Waals surface area (Å²) in [4.78, 5) is 23.9. The second-order valence-corrected chi connectivity index (χ2v) is 6.39. The first-order valence-electron chi connectivity index (χ1n) is 8.68. The number of rotatable bonds is 3. The molecule has 0 unspecified atom stereocenters. The van der Waals surface area contributed by atoms with Crippen molar-refractivity contribution in [2.45, 2.75) is 13.8 Å². The maximum Gasteiger partial charge on any atom is 0.274 e. The van der Waals surface area contributed by atoms with Gasteiger partial charge in [-0.25, -0.2) is 9.97 Å². The third kappa shape index (κ3) is 3.01. The minimum atomic E-state index is -0.193. The van der Waals surface area contributed by atoms with Crippen LogP contribution in [0.3, 0.4) is 0 Å². The van der Waals surface area contributed by atoms with Gasteiger partial charge in [0.1, 0.15) is 17.2 Å². The van der Waals surface area contributed by atoms with Crippen molar-refractivity contribution in [2.24, 2.45) is 0 Å². The molecule has 0 radical (unpaired) electrons. The van der Waals surface area contributed by atoms with E-state index in [1.54, 1.807) is 6.20 Å². The van der Waals surface area contributed by atoms with E-state index in [0.717, 1.165) is 30.1 Å². The van der Waals surface area contributed by atoms with Gasteiger partial charge in [-0.05, 0) is 37.6 Å². The Morgan fingerprint density at radius 3 is 2.73 bits per heavy atom. The SMILES string of the molecule is Cc1nc2c(C)cccn2c1C(=O)Nc1ccc(N2CCOCC2)nc1. The molecule has 0 aromatic carbocycles. The van der Waals surface area contributed by atoms with E-state index in [1.165, 1.54) is 0 Å². The van der Waals surface area contributed by atoms with Gasteiger partial charge >= 0.3 is 0 Å². The number of nitrogens with one attached hydrogen (secondary N) is 1. The lowest BCUT2D eigenvalue weighted by Gasteiger charge is -2.27. The molecule has 1 N–H and O–H groups in total. The number of anilines is 2. The van der Waals surface area contributed by atoms with E-state index < -0.39 is 0 Å². The molecule has 7 nitrogen and oxygen atoms in total. The summed E-state index contributed by atoms with van der Waals surface area (Å²) in [5.41, 5.74) is 3.74. The smallest absolute Gasteiger partial charge is 0.274 e. The number of hydrogen-bond donors (Lipinski definition) is 1. The first-order chi connectivity index (χ1) is 12.6. The lowest BCUT2D eigenvalue weighted by molar-refractivity contribution is 0.102. The topological polar surface area (TPSA) is 71.8 Å². The van der Waals surface area contributed by atoms with Gasteiger partial charge in [0.25, 0.3) is 5.91 Å². The van der Waals surface area contributed by atoms with Crippen molar-refractivity contribution in [3.8, 4) is 0 Å². The van der Waals surface area contributed by atoms with Crippen LogP contribution in [0.2, 0.25) is 0 Å². The van der Waals surface area contributed by atoms with Crippen molar-refractivity contribution in [1.29, 1.82) is 0 Å². The fraction of sp³-hybridized carbons (Fsp3) is 0.316. The van der Waals surface area contributed by atoms with Crippen molar-refractivity contribution in [1.82, 2.24) is 14.4 Å². The molecule has 1 aliphatic rings. The van der Waals surface area contributed by atoms with Crippen LogP contribution in [0.1, 0.15) is 21.7 Å². The van der Waals surface area contributed by atoms with Crippen molar-refractivity contribution in [3.05, 3.63) is 53.6 Å². The summed E-state index contributed by atoms with van der Waals surface area (Å²) in [6.07, 6.45) is 3.55. The Kier molecular flexibility index (Phi) is 4.30. The Balaban J connectivity index is 1.55. The first-order valence-corrected chi connectivity index (χ1v) is 8.68. The Labute approximate surface area is 151 Å². The highest BCUT2D eigenvalue weighted by Gasteiger charge is 2.18. The van der Waals surface area contributed by atoms with Crippen LogP contribution in [0.5, 0.6) is 0 Å². The number of morpholine rings is 1. The molecule has 1 saturated heterocycles. The molecule has 26 heavy (non-hydrogen) atoms. The number of aromatic nitrogens is 3. The number of nitrogens with zero attached hydrogens (tertiary/aromatic N) is 4. The van der Waals surface area contributed by atoms with Gasteiger partial charge in [0, 0.05) is 19.3 Å². The van der Waals surface area contributed by atoms with Crippen LogP contribution in [0.4, 0.5) is 11.5 Å². The fourth-order valence-corrected chi connectivity index (χ4v) is 3.22. The molecule has 7 heteroatoms. The largest absolute Gasteiger partial charge is 0.378 e. The molecular weight excluding hydrogens is 330 g/mol. The number of fused-ring (bicyclic) bond motifs is 1. The number of ether oxygens (including phenoxy) is 1. The first kappa shape index (κ1) is 16.5. The Bertz CT molecular complexity index is 942. The standard InChI is InChI=1S/C19H21N5O2/c1-13-4-3-7-24-17(14(2)21-18(13)24)19(25)22-15-5-6-16(20-12-15)23-8-10-26-11-9-23/h3-7,12H,8-11H2,1-2H3,(H,22,25). The molecule has 134 valence electrons. The van der Waals surface area contributed by atoms with Crippen molar-refractivity contribution in [2.75, 3.05) is 36.5 Å². The highest BCUT2D eigenvalue weighted by atomic mass is 16.5. The molecule has 0 bridgehead atoms. The lowest BCUT2D eigenvalue weighted by atomic mass is 10.3. The van der Waals surface area contributed by atoms with Gasteiger partial charge in [-0.2, -0.15) is 0 Å². The highest BCUT2D eigenvalue weighted by Crippen LogP contribution is 2.19. The van der Waals surface area contributed by atoms with E-state index >= 15 is 0 Å². The van der Waals surface area contributed by atoms with E-state index in [4.69, 9.17) is 4.74 Å². The summed E-state index contributed by atoms with van der Waals surface area (Å²) in [5, 5.41) is 2.92. The maximum atomic E-state index is 12.8. The molecule has 1 amide bonds. The maximum absolute atomic E-state index is 12.8. The normalized spacial score (nSPS) is 14.6. The molecule has 0 atom stereocenters. The molecule has 0 saturated carbocycles. The van der Waals surface area contributed by atoms with Gasteiger partial charge in [0.15, 0.2) is 0 Å². The lowest BCUT2D eigenvalue weighted by Crippen LogP contribution is -2.36. The zero-order valence-corrected chi connectivity index (χ0v) is 14.9. The summed E-state index contributed by atoms with van der Waals surface area (Å²) in [6, 6.07) is 7.70. The Morgan fingerprint density at radius 1 is 1.19 bits per heavy atom. The number of pyridine rings is 2. The van der Waals surface area contributed by atoms with Crippen LogP contribution < -0.4 is 10.2 Å². The molecule has 1 fully saturated rings. The van der Waals surface area contributed by atoms with Crippen molar-refractivity contribution in [3.63, 3.8) is 0 Å². The van der Waals surface area contributed by atoms with Gasteiger partial charge in [-0.1, -0.05) is 6.07 Å². The van der Waals surface area contributed by atoms with Crippen LogP contribution in [0.15, 0.2) is 36.7 Å². The number of carbonyl (C=O) groups excluding carboxylic acids is 1. The summed E-state index contributed by atoms with van der Waals surface area (Å²) >= 11 is 0. The number of amides is 1. The molecule has 0 aliphatic carbocycles. The van der Waals surface area contributed by atoms with E-state index in [0.29, 0.717) is 30.3 Å². The number of imidazole rings is 1. The van der Waals surface area contributed by atoms with Crippen molar-refractivity contribution >= 4 is 23.1 Å². The van der Waals surface area contributed by atoms with Crippen LogP contribution in [-0.4, -0.2) is 46.6 Å². The molecule has 3 aromatic heterocycles. The van der Waals surface area contributed by atoms with E-state index in [9.17, 15) is 4.79 Å². The third-order valence-corrected chi connectivity index (χ3v) is 4.58. The van der Waals surface area contributed by atoms with Crippen LogP contribution in [-0.2, 0) is 4.74 Å². The summed E-state index contributed by atoms with van der Waals surface area (Å²) in [6.45, 7) is 6.93. The molecule has 1 aliphatic heterocycles. The van der Waals surface area contributed by atoms with E-state index in [1.807, 2.05) is 48.7 Å². The van der Waals surface area contributed by atoms with Crippen molar-refractivity contribution < 1.29 is 9.53 Å². The predicted octanol–water partition coefficient (Wildman–Crippen LogP) is 2.44. The average Bonchev–Trinajstić information content (AvgIpc) is 3.00. The minimum Gasteiger partial charge on any atom is -0.378 e. The van der Waals surface area contributed by atoms with Crippen LogP contribution in [0, 0.1) is 13.8 Å². The number of hydrogen-bond acceptors (Lipinski definition) is 5. The zero-order valence-electron chi connectivity index (χ0n) is 14.9. The average molecular weight is 351 g/mol. The highest BCUT2D eigenvalue weighted by molar-refractivity contribution is 6.04. The Morgan fingerprint density at radius 2 is 2.00 bits per heavy atom. The molecule has 3 aromatic rings. The number of aryl methyl sites for hydroxylation is 2. The fourth-order valence-electron chi connectivity index (χ4n) is 3.22. The quantitative estimate of drug-likeness (QED) is 0.785. The summed E-state index contributed by atoms with van der Waals surface area (Å²) < 4.78 is 7.19. The van der Waals surface area contributed by atoms with Gasteiger partial charge < -0.3 is 15.0 Å². The second kappa shape index (κ2) is 6.76. The van der Waals surface area contributed by atoms with Gasteiger partial charge in [0.2, 0.25) is 0 Å². The van der Waals surface area contributed by atoms with Crippen LogP contribution in [0.25, 0.3) is 5.65 Å². The summed E-state index contributed by atoms with van der Waals surface area (Å²) in [7, 11) is 0. The predicted molar refractivity (Wildman–Crippen MR) is 99.9 cm³/mol. The third-order valence-electron chi connectivity index (χ3n) is 4.58. The minimum absolute atomic E-state index is 0.193. The van der Waals surface area contributed by atoms with Crippen LogP contribution >= 0.6 is 0 Å². The van der Waals surface area contributed by atoms with Gasteiger partial charge in [-0.3, -0.25) is 9.20 Å². The summed E-state index contributed by atoms with van der Waals surface area (Å²) in [5.74, 6) is 0.703. The van der Waals surface area contributed by atoms with Gasteiger partial charge in [-0.15, -0.1) is 0 Å². The molecule has 4 heterocycles. The number of carbonyl (C=O) groups is 1. The zero-order chi connectivity index (χ0) is 18.1. The Hall–Kier alpha value is -2.93. The van der Waals surface area contributed by atoms with E-state index in [2.05, 4.69) is 20.2 Å². The molecule has 4 rings (SSSR count).